The molecule has 0 unspecified atom stereocenters. The first kappa shape index (κ1) is 55.3. The molecule has 7 heterocycles. The van der Waals surface area contributed by atoms with Crippen molar-refractivity contribution >= 4 is 232 Å². The van der Waals surface area contributed by atoms with Crippen molar-refractivity contribution in [1.82, 2.24) is 8.80 Å². The number of nitrogens with one attached hydrogen (secondary N) is 1. The normalized spacial score (nSPS) is 13.7. The van der Waals surface area contributed by atoms with Crippen LogP contribution in [-0.2, 0) is 0 Å². The number of halogens is 2. The third kappa shape index (κ3) is 11.1. The van der Waals surface area contributed by atoms with Crippen molar-refractivity contribution in [2.45, 2.75) is 0 Å². The lowest BCUT2D eigenvalue weighted by molar-refractivity contribution is 0.668. The summed E-state index contributed by atoms with van der Waals surface area (Å²) in [5.41, 5.74) is 16.6. The van der Waals surface area contributed by atoms with Gasteiger partial charge >= 0.3 is 0 Å². The third-order valence-corrected chi connectivity index (χ3v) is 23.7. The van der Waals surface area contributed by atoms with Crippen molar-refractivity contribution in [3.63, 3.8) is 0 Å². The van der Waals surface area contributed by atoms with Gasteiger partial charge in [0.25, 0.3) is 0 Å². The van der Waals surface area contributed by atoms with Crippen molar-refractivity contribution in [3.8, 4) is 22.3 Å². The first-order chi connectivity index (χ1) is 65.5. The highest BCUT2D eigenvalue weighted by molar-refractivity contribution is 6.37. The number of hydrogen-bond donors (Lipinski definition) is 1. The van der Waals surface area contributed by atoms with E-state index in [1.807, 2.05) is 194 Å². The van der Waals surface area contributed by atoms with Gasteiger partial charge in [-0.2, -0.15) is 0 Å². The van der Waals surface area contributed by atoms with Crippen molar-refractivity contribution in [2.24, 2.45) is 0 Å². The van der Waals surface area contributed by atoms with E-state index < -0.39 is 42.3 Å². The Morgan fingerprint density at radius 3 is 1.21 bits per heavy atom. The summed E-state index contributed by atoms with van der Waals surface area (Å²) in [7, 11) is 0. The lowest BCUT2D eigenvalue weighted by Crippen LogP contribution is -2.10. The molecule has 0 aliphatic carbocycles. The van der Waals surface area contributed by atoms with Crippen LogP contribution < -0.4 is 15.1 Å². The van der Waals surface area contributed by atoms with Crippen LogP contribution in [0.1, 0.15) is 20.6 Å². The molecule has 0 radical (unpaired) electrons. The molecule has 0 fully saturated rings. The average Bonchev–Trinajstić information content (AvgIpc) is 1.53. The minimum absolute atomic E-state index is 0.0268. The van der Waals surface area contributed by atoms with Crippen LogP contribution in [0, 0.1) is 0 Å². The number of aromatic nitrogens is 2. The minimum atomic E-state index is -0.501. The number of hydrogen-bond acceptors (Lipinski definition) is 6. The van der Waals surface area contributed by atoms with E-state index in [1.165, 1.54) is 54.5 Å². The molecular weight excluding hydrogens is 1510 g/mol. The van der Waals surface area contributed by atoms with E-state index in [9.17, 15) is 5.48 Å². The Labute approximate surface area is 718 Å². The first-order valence-corrected chi connectivity index (χ1v) is 39.9. The van der Waals surface area contributed by atoms with Gasteiger partial charge in [0.2, 0.25) is 0 Å². The van der Waals surface area contributed by atoms with Gasteiger partial charge in [-0.1, -0.05) is 278 Å². The molecule has 8 nitrogen and oxygen atoms in total. The monoisotopic (exact) mass is 1590 g/mol. The summed E-state index contributed by atoms with van der Waals surface area (Å²) < 4.78 is 153. The maximum absolute atomic E-state index is 9.37. The molecule has 0 amide bonds. The van der Waals surface area contributed by atoms with E-state index in [2.05, 4.69) is 123 Å². The molecule has 0 aliphatic heterocycles. The van der Waals surface area contributed by atoms with Crippen molar-refractivity contribution in [1.29, 1.82) is 0 Å². The number of benzene rings is 19. The smallest absolute Gasteiger partial charge is 0.159 e. The fourth-order valence-corrected chi connectivity index (χ4v) is 18.4. The summed E-state index contributed by atoms with van der Waals surface area (Å²) in [6, 6.07) is 96.2. The quantitative estimate of drug-likeness (QED) is 0.147. The Morgan fingerprint density at radius 2 is 0.667 bits per heavy atom. The van der Waals surface area contributed by atoms with E-state index in [0.717, 1.165) is 113 Å². The van der Waals surface area contributed by atoms with E-state index in [1.54, 1.807) is 15.9 Å². The number of fused-ring (bicyclic) bond motifs is 25. The number of anilines is 8. The van der Waals surface area contributed by atoms with Crippen molar-refractivity contribution in [2.75, 3.05) is 15.1 Å². The lowest BCUT2D eigenvalue weighted by atomic mass is 9.97. The molecule has 564 valence electrons. The number of furan rings is 3. The highest BCUT2D eigenvalue weighted by Crippen LogP contribution is 2.52. The summed E-state index contributed by atoms with van der Waals surface area (Å²) in [5.74, 6) is 0. The van der Waals surface area contributed by atoms with E-state index in [-0.39, 0.29) is 65.4 Å². The van der Waals surface area contributed by atoms with Gasteiger partial charge in [-0.25, -0.2) is 0 Å². The van der Waals surface area contributed by atoms with Gasteiger partial charge in [-0.3, -0.25) is 0 Å². The molecular formula is C110H67Cl2N5O3. The van der Waals surface area contributed by atoms with Gasteiger partial charge in [-0.05, 0) is 189 Å². The molecule has 26 aromatic rings. The summed E-state index contributed by atoms with van der Waals surface area (Å²) >= 11 is 12.9. The third-order valence-electron chi connectivity index (χ3n) is 23.2. The van der Waals surface area contributed by atoms with Crippen LogP contribution in [-0.4, -0.2) is 8.80 Å². The zero-order chi connectivity index (χ0) is 92.3. The largest absolute Gasteiger partial charge is 0.454 e. The molecule has 19 aromatic carbocycles. The predicted octanol–water partition coefficient (Wildman–Crippen LogP) is 32.7. The Bertz CT molecular complexity index is 9490. The molecule has 10 heteroatoms. The molecule has 120 heavy (non-hydrogen) atoms. The summed E-state index contributed by atoms with van der Waals surface area (Å²) in [4.78, 5) is 3.43. The molecule has 1 N–H and O–H groups in total. The summed E-state index contributed by atoms with van der Waals surface area (Å²) in [6.45, 7) is 0. The molecule has 0 atom stereocenters. The topological polar surface area (TPSA) is 66.8 Å². The second-order valence-electron chi connectivity index (χ2n) is 29.8. The molecule has 7 aromatic heterocycles. The van der Waals surface area contributed by atoms with Crippen LogP contribution in [0.3, 0.4) is 0 Å². The van der Waals surface area contributed by atoms with E-state index >= 15 is 0 Å². The molecule has 26 rings (SSSR count). The molecule has 0 bridgehead atoms. The Balaban J connectivity index is 0.000000144. The summed E-state index contributed by atoms with van der Waals surface area (Å²) in [6.07, 6.45) is 0. The Kier molecular flexibility index (Phi) is 12.8. The first-order valence-electron chi connectivity index (χ1n) is 46.7. The number of nitrogens with zero attached hydrogens (tertiary/aromatic N) is 4. The van der Waals surface area contributed by atoms with Gasteiger partial charge in [0.15, 0.2) is 16.7 Å². The fraction of sp³-hybridized carbons (Fsp3) is 0. The van der Waals surface area contributed by atoms with Crippen LogP contribution in [0.5, 0.6) is 0 Å². The molecule has 0 saturated heterocycles. The highest BCUT2D eigenvalue weighted by Gasteiger charge is 2.28. The van der Waals surface area contributed by atoms with Gasteiger partial charge in [0.1, 0.15) is 16.7 Å². The van der Waals surface area contributed by atoms with Crippen molar-refractivity contribution < 1.29 is 33.8 Å². The van der Waals surface area contributed by atoms with Crippen LogP contribution in [0.4, 0.5) is 45.5 Å². The van der Waals surface area contributed by atoms with Crippen LogP contribution in [0.25, 0.3) is 186 Å². The Hall–Kier alpha value is -15.3. The van der Waals surface area contributed by atoms with E-state index in [0.29, 0.717) is 56.4 Å². The van der Waals surface area contributed by atoms with Gasteiger partial charge in [0, 0.05) is 114 Å². The minimum Gasteiger partial charge on any atom is -0.454 e. The highest BCUT2D eigenvalue weighted by atomic mass is 35.5. The maximum atomic E-state index is 9.37. The molecule has 0 spiro atoms. The Morgan fingerprint density at radius 1 is 0.267 bits per heavy atom. The zero-order valence-electron chi connectivity index (χ0n) is 78.2. The SMILES string of the molecule is Clc1ccc2cc3c4ccc(Cl)cc4n4c5cc(-c6ccccc6)ccc5c(c2c1)c34.[2H]c1c([2H])c([2H])c(N(c2ccc3cc4c5ccc(N(c6c([2H])c([2H])c([2H])c([2H])c6[2H])c6cccc7c6oc6ccccc67)cc5n5c6cc(-c7ccccc7)ccc6c(c3c2)c45)c2cccc3c2oc2ccccc23)c([2H])c1[2H].[2H]c1c([2H])c([2H])c(Nc2cccc3c2oc2ccccc23)c([2H])c1[2H]. The van der Waals surface area contributed by atoms with Gasteiger partial charge in [0.05, 0.1) is 70.7 Å². The van der Waals surface area contributed by atoms with Gasteiger partial charge < -0.3 is 37.2 Å². The standard InChI is InChI=1S/C64H39N3O2.C28H15Cl2N.C18H13NO/c1-4-16-40(17-5-1)41-31-34-52-57(37-41)67-58-39-46(66(44-20-8-3-9-21-44)56-27-15-25-51-49-23-11-13-29-60(49)69-64(51)56)33-35-47(58)54-36-42-30-32-45(38-53(42)61(52)62(54)67)65(43-18-6-2-7-19-43)55-26-14-24-50-48-22-10-12-28-59(48)68-63(50)55;29-19-8-6-18-12-24-21-11-9-20(30)15-26(21)31-25-13-17(16-4-2-1-3-5-16)7-10-22(25)27(28(24)31)23(18)14-19;1-2-7-13(8-3-1)19-16-11-6-10-15-14-9-4-5-12-17(14)20-18(15)16/h1-39H;1-15H;1-12,19H/i2D,3D,6D,7D,8D,9D,18D,19D,20D,21D;;1D,2D,3D,7D,8D. The van der Waals surface area contributed by atoms with Crippen LogP contribution in [0.15, 0.2) is 413 Å². The van der Waals surface area contributed by atoms with Crippen LogP contribution >= 0.6 is 23.2 Å². The molecule has 0 saturated carbocycles. The summed E-state index contributed by atoms with van der Waals surface area (Å²) in [5, 5.41) is 22.4. The number of para-hydroxylation sites is 9. The predicted molar refractivity (Wildman–Crippen MR) is 505 cm³/mol. The molecule has 0 aliphatic rings. The van der Waals surface area contributed by atoms with Crippen LogP contribution in [0.2, 0.25) is 10.0 Å². The number of rotatable bonds is 10. The lowest BCUT2D eigenvalue weighted by Gasteiger charge is -2.26. The van der Waals surface area contributed by atoms with E-state index in [4.69, 9.17) is 51.5 Å². The maximum Gasteiger partial charge on any atom is 0.159 e. The zero-order valence-corrected chi connectivity index (χ0v) is 64.7. The van der Waals surface area contributed by atoms with Crippen molar-refractivity contribution in [3.05, 3.63) is 410 Å². The van der Waals surface area contributed by atoms with Gasteiger partial charge in [-0.15, -0.1) is 0 Å². The second kappa shape index (κ2) is 27.7. The average molecular weight is 1590 g/mol. The second-order valence-corrected chi connectivity index (χ2v) is 30.7. The fourth-order valence-electron chi connectivity index (χ4n) is 18.1.